The van der Waals surface area contributed by atoms with Gasteiger partial charge in [0.15, 0.2) is 5.82 Å². The molecule has 148 valence electrons. The fraction of sp³-hybridized carbons (Fsp3) is 0.476. The van der Waals surface area contributed by atoms with Crippen LogP contribution in [0.1, 0.15) is 58.0 Å². The van der Waals surface area contributed by atoms with E-state index in [1.807, 2.05) is 9.47 Å². The van der Waals surface area contributed by atoms with Crippen molar-refractivity contribution in [1.29, 1.82) is 0 Å². The van der Waals surface area contributed by atoms with Crippen LogP contribution in [0.4, 0.5) is 4.39 Å². The Kier molecular flexibility index (Phi) is 5.41. The average molecular weight is 384 g/mol. The van der Waals surface area contributed by atoms with Gasteiger partial charge >= 0.3 is 0 Å². The van der Waals surface area contributed by atoms with Crippen molar-refractivity contribution in [2.45, 2.75) is 45.1 Å². The molecule has 0 atom stereocenters. The van der Waals surface area contributed by atoms with Gasteiger partial charge in [-0.2, -0.15) is 0 Å². The topological polar surface area (TPSA) is 67.2 Å². The maximum atomic E-state index is 13.7. The number of hydrogen-bond donors (Lipinski definition) is 1. The maximum Gasteiger partial charge on any atom is 0.287 e. The summed E-state index contributed by atoms with van der Waals surface area (Å²) in [5, 5.41) is 2.83. The van der Waals surface area contributed by atoms with E-state index in [9.17, 15) is 14.0 Å². The van der Waals surface area contributed by atoms with Gasteiger partial charge < -0.3 is 14.8 Å². The SMILES string of the molecule is O=C(NCCc1ccccc1F)c1nc(C(=O)N2CCCC2)c2n1CCCC2. The summed E-state index contributed by atoms with van der Waals surface area (Å²) in [5.41, 5.74) is 1.88. The molecule has 0 spiro atoms. The summed E-state index contributed by atoms with van der Waals surface area (Å²) in [4.78, 5) is 31.9. The summed E-state index contributed by atoms with van der Waals surface area (Å²) < 4.78 is 15.6. The molecular weight excluding hydrogens is 359 g/mol. The van der Waals surface area contributed by atoms with Crippen molar-refractivity contribution in [2.75, 3.05) is 19.6 Å². The van der Waals surface area contributed by atoms with Gasteiger partial charge in [0.1, 0.15) is 11.5 Å². The van der Waals surface area contributed by atoms with Gasteiger partial charge in [-0.3, -0.25) is 9.59 Å². The molecule has 1 aromatic carbocycles. The fourth-order valence-corrected chi connectivity index (χ4v) is 4.05. The summed E-state index contributed by atoms with van der Waals surface area (Å²) in [6.07, 6.45) is 5.18. The molecule has 0 aliphatic carbocycles. The van der Waals surface area contributed by atoms with Crippen LogP contribution < -0.4 is 5.32 Å². The van der Waals surface area contributed by atoms with Gasteiger partial charge in [0.2, 0.25) is 0 Å². The second kappa shape index (κ2) is 8.12. The Labute approximate surface area is 163 Å². The molecule has 0 bridgehead atoms. The normalized spacial score (nSPS) is 16.1. The highest BCUT2D eigenvalue weighted by Crippen LogP contribution is 2.23. The molecule has 4 rings (SSSR count). The number of nitrogens with one attached hydrogen (secondary N) is 1. The van der Waals surface area contributed by atoms with Crippen molar-refractivity contribution in [3.8, 4) is 0 Å². The van der Waals surface area contributed by atoms with Crippen LogP contribution in [-0.4, -0.2) is 45.9 Å². The van der Waals surface area contributed by atoms with Crippen molar-refractivity contribution in [2.24, 2.45) is 0 Å². The number of halogens is 1. The van der Waals surface area contributed by atoms with Gasteiger partial charge in [-0.1, -0.05) is 18.2 Å². The minimum Gasteiger partial charge on any atom is -0.349 e. The first-order valence-corrected chi connectivity index (χ1v) is 10.1. The molecule has 1 saturated heterocycles. The molecule has 0 saturated carbocycles. The third-order valence-corrected chi connectivity index (χ3v) is 5.55. The van der Waals surface area contributed by atoms with Crippen molar-refractivity contribution >= 4 is 11.8 Å². The van der Waals surface area contributed by atoms with Gasteiger partial charge in [0, 0.05) is 26.2 Å². The molecule has 6 nitrogen and oxygen atoms in total. The molecule has 0 radical (unpaired) electrons. The lowest BCUT2D eigenvalue weighted by molar-refractivity contribution is 0.0786. The van der Waals surface area contributed by atoms with E-state index >= 15 is 0 Å². The number of carbonyl (C=O) groups excluding carboxylic acids is 2. The Hall–Kier alpha value is -2.70. The first kappa shape index (κ1) is 18.7. The van der Waals surface area contributed by atoms with Gasteiger partial charge in [-0.05, 0) is 50.2 Å². The highest BCUT2D eigenvalue weighted by molar-refractivity contribution is 5.97. The number of amides is 2. The standard InChI is InChI=1S/C21H25FN4O2/c22-16-8-2-1-7-15(16)10-11-23-20(27)19-24-18(17-9-3-4-14-26(17)19)21(28)25-12-5-6-13-25/h1-2,7-8H,3-6,9-14H2,(H,23,27). The number of fused-ring (bicyclic) bond motifs is 1. The molecule has 1 aromatic heterocycles. The Morgan fingerprint density at radius 3 is 2.61 bits per heavy atom. The minimum absolute atomic E-state index is 0.0615. The first-order chi connectivity index (χ1) is 13.6. The zero-order chi connectivity index (χ0) is 19.5. The third-order valence-electron chi connectivity index (χ3n) is 5.55. The Morgan fingerprint density at radius 1 is 1.07 bits per heavy atom. The minimum atomic E-state index is -0.306. The highest BCUT2D eigenvalue weighted by atomic mass is 19.1. The van der Waals surface area contributed by atoms with Crippen LogP contribution in [0.5, 0.6) is 0 Å². The summed E-state index contributed by atoms with van der Waals surface area (Å²) in [5.74, 6) is -0.340. The van der Waals surface area contributed by atoms with Crippen molar-refractivity contribution in [3.05, 3.63) is 52.9 Å². The molecular formula is C21H25FN4O2. The fourth-order valence-electron chi connectivity index (χ4n) is 4.05. The van der Waals surface area contributed by atoms with Gasteiger partial charge in [0.05, 0.1) is 5.69 Å². The van der Waals surface area contributed by atoms with E-state index in [1.165, 1.54) is 6.07 Å². The van der Waals surface area contributed by atoms with Crippen LogP contribution in [-0.2, 0) is 19.4 Å². The molecule has 7 heteroatoms. The lowest BCUT2D eigenvalue weighted by atomic mass is 10.1. The second-order valence-corrected chi connectivity index (χ2v) is 7.44. The second-order valence-electron chi connectivity index (χ2n) is 7.44. The van der Waals surface area contributed by atoms with Gasteiger partial charge in [-0.25, -0.2) is 9.37 Å². The zero-order valence-corrected chi connectivity index (χ0v) is 15.9. The predicted molar refractivity (Wildman–Crippen MR) is 103 cm³/mol. The van der Waals surface area contributed by atoms with E-state index < -0.39 is 0 Å². The molecule has 2 aliphatic heterocycles. The smallest absolute Gasteiger partial charge is 0.287 e. The molecule has 28 heavy (non-hydrogen) atoms. The van der Waals surface area contributed by atoms with Crippen molar-refractivity contribution < 1.29 is 14.0 Å². The lowest BCUT2D eigenvalue weighted by Crippen LogP contribution is -2.29. The Bertz CT molecular complexity index is 887. The monoisotopic (exact) mass is 384 g/mol. The number of carbonyl (C=O) groups is 2. The Balaban J connectivity index is 1.49. The predicted octanol–water partition coefficient (Wildman–Crippen LogP) is 2.57. The van der Waals surface area contributed by atoms with Gasteiger partial charge in [-0.15, -0.1) is 0 Å². The average Bonchev–Trinajstić information content (AvgIpc) is 3.37. The van der Waals surface area contributed by atoms with E-state index in [0.717, 1.165) is 50.9 Å². The molecule has 2 aliphatic rings. The lowest BCUT2D eigenvalue weighted by Gasteiger charge is -2.18. The number of aromatic nitrogens is 2. The summed E-state index contributed by atoms with van der Waals surface area (Å²) in [6, 6.07) is 6.55. The largest absolute Gasteiger partial charge is 0.349 e. The van der Waals surface area contributed by atoms with Crippen LogP contribution in [0.2, 0.25) is 0 Å². The van der Waals surface area contributed by atoms with Crippen LogP contribution >= 0.6 is 0 Å². The van der Waals surface area contributed by atoms with Crippen LogP contribution in [0.15, 0.2) is 24.3 Å². The highest BCUT2D eigenvalue weighted by Gasteiger charge is 2.30. The molecule has 0 unspecified atom stereocenters. The van der Waals surface area contributed by atoms with E-state index in [-0.39, 0.29) is 17.6 Å². The number of rotatable bonds is 5. The number of likely N-dealkylation sites (tertiary alicyclic amines) is 1. The molecule has 3 heterocycles. The summed E-state index contributed by atoms with van der Waals surface area (Å²) in [6.45, 7) is 2.54. The third kappa shape index (κ3) is 3.66. The quantitative estimate of drug-likeness (QED) is 0.862. The van der Waals surface area contributed by atoms with E-state index in [1.54, 1.807) is 18.2 Å². The molecule has 2 amide bonds. The molecule has 1 N–H and O–H groups in total. The molecule has 2 aromatic rings. The van der Waals surface area contributed by atoms with Gasteiger partial charge in [0.25, 0.3) is 11.8 Å². The van der Waals surface area contributed by atoms with Crippen molar-refractivity contribution in [3.63, 3.8) is 0 Å². The van der Waals surface area contributed by atoms with Crippen LogP contribution in [0, 0.1) is 5.82 Å². The van der Waals surface area contributed by atoms with E-state index in [0.29, 0.717) is 36.6 Å². The Morgan fingerprint density at radius 2 is 1.82 bits per heavy atom. The van der Waals surface area contributed by atoms with E-state index in [4.69, 9.17) is 0 Å². The number of nitrogens with zero attached hydrogens (tertiary/aromatic N) is 3. The van der Waals surface area contributed by atoms with E-state index in [2.05, 4.69) is 10.3 Å². The summed E-state index contributed by atoms with van der Waals surface area (Å²) >= 11 is 0. The van der Waals surface area contributed by atoms with Crippen molar-refractivity contribution in [1.82, 2.24) is 19.8 Å². The number of benzene rings is 1. The molecule has 1 fully saturated rings. The maximum absolute atomic E-state index is 13.7. The summed E-state index contributed by atoms with van der Waals surface area (Å²) in [7, 11) is 0. The number of hydrogen-bond acceptors (Lipinski definition) is 3. The number of imidazole rings is 1. The first-order valence-electron chi connectivity index (χ1n) is 10.1. The van der Waals surface area contributed by atoms with Crippen LogP contribution in [0.25, 0.3) is 0 Å². The zero-order valence-electron chi connectivity index (χ0n) is 15.9. The van der Waals surface area contributed by atoms with Crippen LogP contribution in [0.3, 0.4) is 0 Å².